The zero-order chi connectivity index (χ0) is 13.2. The summed E-state index contributed by atoms with van der Waals surface area (Å²) >= 11 is 0. The number of nitro groups is 1. The van der Waals surface area contributed by atoms with E-state index in [1.165, 1.54) is 16.5 Å². The standard InChI is InChI=1S/C9H14N4O4/c1-4-12(5-7(14)15)9-8(13(16)17)6(2)10-11(9)3/h4-5H2,1-3H3,(H,14,15). The van der Waals surface area contributed by atoms with Gasteiger partial charge in [0.1, 0.15) is 12.2 Å². The van der Waals surface area contributed by atoms with Gasteiger partial charge in [0.15, 0.2) is 0 Å². The molecule has 0 aliphatic heterocycles. The number of aliphatic carboxylic acids is 1. The quantitative estimate of drug-likeness (QED) is 0.597. The number of carbonyl (C=O) groups is 1. The van der Waals surface area contributed by atoms with Gasteiger partial charge in [0.05, 0.1) is 4.92 Å². The molecule has 1 aromatic rings. The molecule has 0 aromatic carbocycles. The van der Waals surface area contributed by atoms with Crippen LogP contribution in [0.3, 0.4) is 0 Å². The lowest BCUT2D eigenvalue weighted by Gasteiger charge is -2.19. The number of anilines is 1. The number of rotatable bonds is 5. The van der Waals surface area contributed by atoms with Crippen LogP contribution in [0.25, 0.3) is 0 Å². The fourth-order valence-electron chi connectivity index (χ4n) is 1.70. The average Bonchev–Trinajstić information content (AvgIpc) is 2.49. The summed E-state index contributed by atoms with van der Waals surface area (Å²) in [5.41, 5.74) is 0.131. The van der Waals surface area contributed by atoms with Crippen LogP contribution in [0, 0.1) is 17.0 Å². The van der Waals surface area contributed by atoms with Gasteiger partial charge in [-0.25, -0.2) is 4.68 Å². The van der Waals surface area contributed by atoms with Crippen molar-refractivity contribution in [3.05, 3.63) is 15.8 Å². The SMILES string of the molecule is CCN(CC(=O)O)c1c([N+](=O)[O-])c(C)nn1C. The largest absolute Gasteiger partial charge is 0.480 e. The van der Waals surface area contributed by atoms with Gasteiger partial charge in [0.2, 0.25) is 5.82 Å². The summed E-state index contributed by atoms with van der Waals surface area (Å²) in [6, 6.07) is 0. The summed E-state index contributed by atoms with van der Waals surface area (Å²) in [5, 5.41) is 23.7. The minimum atomic E-state index is -1.04. The molecule has 94 valence electrons. The Morgan fingerprint density at radius 1 is 1.65 bits per heavy atom. The predicted molar refractivity (Wildman–Crippen MR) is 60.1 cm³/mol. The summed E-state index contributed by atoms with van der Waals surface area (Å²) in [7, 11) is 1.56. The van der Waals surface area contributed by atoms with Gasteiger partial charge in [-0.3, -0.25) is 14.9 Å². The van der Waals surface area contributed by atoms with Crippen LogP contribution in [-0.4, -0.2) is 38.9 Å². The molecule has 8 heteroatoms. The second kappa shape index (κ2) is 4.81. The van der Waals surface area contributed by atoms with Crippen LogP contribution in [0.5, 0.6) is 0 Å². The first kappa shape index (κ1) is 12.9. The second-order valence-corrected chi connectivity index (χ2v) is 3.55. The fraction of sp³-hybridized carbons (Fsp3) is 0.556. The smallest absolute Gasteiger partial charge is 0.333 e. The van der Waals surface area contributed by atoms with E-state index in [-0.39, 0.29) is 23.7 Å². The van der Waals surface area contributed by atoms with Crippen molar-refractivity contribution in [1.29, 1.82) is 0 Å². The summed E-state index contributed by atoms with van der Waals surface area (Å²) in [5.74, 6) is -0.822. The Morgan fingerprint density at radius 2 is 2.24 bits per heavy atom. The van der Waals surface area contributed by atoms with E-state index in [0.717, 1.165) is 0 Å². The van der Waals surface area contributed by atoms with Crippen LogP contribution in [0.15, 0.2) is 0 Å². The van der Waals surface area contributed by atoms with Crippen molar-refractivity contribution in [2.24, 2.45) is 7.05 Å². The highest BCUT2D eigenvalue weighted by Crippen LogP contribution is 2.30. The molecule has 0 fully saturated rings. The van der Waals surface area contributed by atoms with E-state index in [4.69, 9.17) is 5.11 Å². The molecule has 0 bridgehead atoms. The molecule has 17 heavy (non-hydrogen) atoms. The van der Waals surface area contributed by atoms with Crippen molar-refractivity contribution in [3.8, 4) is 0 Å². The first-order chi connectivity index (χ1) is 7.88. The molecule has 0 aliphatic carbocycles. The molecule has 0 spiro atoms. The summed E-state index contributed by atoms with van der Waals surface area (Å²) in [6.45, 7) is 3.31. The Morgan fingerprint density at radius 3 is 2.65 bits per heavy atom. The molecule has 0 amide bonds. The lowest BCUT2D eigenvalue weighted by molar-refractivity contribution is -0.384. The van der Waals surface area contributed by atoms with Crippen molar-refractivity contribution in [1.82, 2.24) is 9.78 Å². The number of nitrogens with zero attached hydrogens (tertiary/aromatic N) is 4. The van der Waals surface area contributed by atoms with Crippen molar-refractivity contribution >= 4 is 17.5 Å². The van der Waals surface area contributed by atoms with Crippen molar-refractivity contribution in [2.75, 3.05) is 18.0 Å². The fourth-order valence-corrected chi connectivity index (χ4v) is 1.70. The molecule has 1 rings (SSSR count). The molecule has 1 N–H and O–H groups in total. The van der Waals surface area contributed by atoms with Crippen molar-refractivity contribution in [3.63, 3.8) is 0 Å². The maximum atomic E-state index is 10.9. The Balaban J connectivity index is 3.27. The molecule has 0 saturated heterocycles. The van der Waals surface area contributed by atoms with Crippen LogP contribution in [0.1, 0.15) is 12.6 Å². The molecule has 0 saturated carbocycles. The number of carboxylic acids is 1. The van der Waals surface area contributed by atoms with Crippen LogP contribution in [-0.2, 0) is 11.8 Å². The molecule has 8 nitrogen and oxygen atoms in total. The van der Waals surface area contributed by atoms with E-state index in [9.17, 15) is 14.9 Å². The molecule has 0 radical (unpaired) electrons. The number of aryl methyl sites for hydroxylation is 2. The monoisotopic (exact) mass is 242 g/mol. The van der Waals surface area contributed by atoms with Gasteiger partial charge >= 0.3 is 11.7 Å². The number of aromatic nitrogens is 2. The van der Waals surface area contributed by atoms with Gasteiger partial charge in [-0.1, -0.05) is 0 Å². The highest BCUT2D eigenvalue weighted by molar-refractivity contribution is 5.75. The zero-order valence-electron chi connectivity index (χ0n) is 9.88. The van der Waals surface area contributed by atoms with Gasteiger partial charge in [-0.05, 0) is 13.8 Å². The zero-order valence-corrected chi connectivity index (χ0v) is 9.88. The van der Waals surface area contributed by atoms with E-state index in [0.29, 0.717) is 6.54 Å². The number of hydrogen-bond acceptors (Lipinski definition) is 5. The number of carboxylic acid groups (broad SMARTS) is 1. The molecule has 0 unspecified atom stereocenters. The maximum Gasteiger partial charge on any atom is 0.333 e. The number of hydrogen-bond donors (Lipinski definition) is 1. The van der Waals surface area contributed by atoms with Crippen LogP contribution >= 0.6 is 0 Å². The second-order valence-electron chi connectivity index (χ2n) is 3.55. The molecule has 0 aliphatic rings. The van der Waals surface area contributed by atoms with E-state index in [1.807, 2.05) is 0 Å². The Bertz CT molecular complexity index is 454. The van der Waals surface area contributed by atoms with Crippen molar-refractivity contribution < 1.29 is 14.8 Å². The first-order valence-electron chi connectivity index (χ1n) is 5.03. The normalized spacial score (nSPS) is 10.3. The third-order valence-electron chi connectivity index (χ3n) is 2.35. The Kier molecular flexibility index (Phi) is 3.66. The Hall–Kier alpha value is -2.12. The topological polar surface area (TPSA) is 102 Å². The van der Waals surface area contributed by atoms with Crippen molar-refractivity contribution in [2.45, 2.75) is 13.8 Å². The van der Waals surface area contributed by atoms with E-state index in [2.05, 4.69) is 5.10 Å². The summed E-state index contributed by atoms with van der Waals surface area (Å²) in [4.78, 5) is 22.5. The van der Waals surface area contributed by atoms with Gasteiger partial charge in [-0.2, -0.15) is 5.10 Å². The molecule has 0 atom stereocenters. The van der Waals surface area contributed by atoms with Gasteiger partial charge < -0.3 is 10.0 Å². The predicted octanol–water partition coefficient (Wildman–Crippen LogP) is 0.548. The molecular formula is C9H14N4O4. The lowest BCUT2D eigenvalue weighted by Crippen LogP contribution is -2.31. The van der Waals surface area contributed by atoms with Crippen LogP contribution in [0.4, 0.5) is 11.5 Å². The minimum Gasteiger partial charge on any atom is -0.480 e. The first-order valence-corrected chi connectivity index (χ1v) is 5.03. The number of likely N-dealkylation sites (N-methyl/N-ethyl adjacent to an activating group) is 1. The maximum absolute atomic E-state index is 10.9. The van der Waals surface area contributed by atoms with Gasteiger partial charge in [0.25, 0.3) is 0 Å². The van der Waals surface area contributed by atoms with Crippen LogP contribution in [0.2, 0.25) is 0 Å². The van der Waals surface area contributed by atoms with Crippen LogP contribution < -0.4 is 4.90 Å². The third kappa shape index (κ3) is 2.52. The van der Waals surface area contributed by atoms with Gasteiger partial charge in [-0.15, -0.1) is 0 Å². The van der Waals surface area contributed by atoms with E-state index in [1.54, 1.807) is 14.0 Å². The highest BCUT2D eigenvalue weighted by Gasteiger charge is 2.28. The minimum absolute atomic E-state index is 0.143. The lowest BCUT2D eigenvalue weighted by atomic mass is 10.3. The summed E-state index contributed by atoms with van der Waals surface area (Å²) < 4.78 is 1.33. The molecule has 1 aromatic heterocycles. The molecular weight excluding hydrogens is 228 g/mol. The average molecular weight is 242 g/mol. The Labute approximate surface area is 97.6 Å². The summed E-state index contributed by atoms with van der Waals surface area (Å²) in [6.07, 6.45) is 0. The van der Waals surface area contributed by atoms with E-state index < -0.39 is 10.9 Å². The van der Waals surface area contributed by atoms with E-state index >= 15 is 0 Å². The van der Waals surface area contributed by atoms with Gasteiger partial charge in [0, 0.05) is 13.6 Å². The molecule has 1 heterocycles. The third-order valence-corrected chi connectivity index (χ3v) is 2.35. The highest BCUT2D eigenvalue weighted by atomic mass is 16.6.